The van der Waals surface area contributed by atoms with Gasteiger partial charge in [0.1, 0.15) is 5.82 Å². The maximum Gasteiger partial charge on any atom is 0.182 e. The third-order valence-corrected chi connectivity index (χ3v) is 3.30. The minimum Gasteiger partial charge on any atom is -0.383 e. The van der Waals surface area contributed by atoms with Crippen molar-refractivity contribution in [3.8, 4) is 0 Å². The maximum atomic E-state index is 11.7. The monoisotopic (exact) mass is 246 g/mol. The molecule has 0 spiro atoms. The average Bonchev–Trinajstić information content (AvgIpc) is 2.41. The van der Waals surface area contributed by atoms with E-state index in [9.17, 15) is 8.42 Å². The topological polar surface area (TPSA) is 81.2 Å². The molecule has 0 saturated carbocycles. The van der Waals surface area contributed by atoms with Crippen LogP contribution in [0.3, 0.4) is 0 Å². The van der Waals surface area contributed by atoms with Gasteiger partial charge in [-0.3, -0.25) is 0 Å². The van der Waals surface area contributed by atoms with E-state index in [0.717, 1.165) is 6.26 Å². The Bertz CT molecular complexity index is 488. The smallest absolute Gasteiger partial charge is 0.182 e. The fourth-order valence-corrected chi connectivity index (χ4v) is 2.49. The van der Waals surface area contributed by atoms with Gasteiger partial charge in [-0.2, -0.15) is 5.10 Å². The molecule has 0 aromatic carbocycles. The second-order valence-corrected chi connectivity index (χ2v) is 6.20. The van der Waals surface area contributed by atoms with Gasteiger partial charge in [0.15, 0.2) is 20.6 Å². The zero-order chi connectivity index (χ0) is 12.7. The number of nitrogen functional groups attached to an aromatic ring is 1. The molecule has 2 N–H and O–H groups in total. The first-order valence-electron chi connectivity index (χ1n) is 4.91. The Morgan fingerprint density at radius 3 is 2.12 bits per heavy atom. The highest BCUT2D eigenvalue weighted by Crippen LogP contribution is 2.30. The molecule has 0 amide bonds. The number of nitrogens with zero attached hydrogens (tertiary/aromatic N) is 3. The quantitative estimate of drug-likeness (QED) is 0.840. The van der Waals surface area contributed by atoms with E-state index in [4.69, 9.17) is 5.73 Å². The average molecular weight is 246 g/mol. The molecule has 16 heavy (non-hydrogen) atoms. The molecule has 6 nitrogen and oxygen atoms in total. The first-order chi connectivity index (χ1) is 7.16. The van der Waals surface area contributed by atoms with Crippen LogP contribution in [0.15, 0.2) is 4.90 Å². The van der Waals surface area contributed by atoms with Gasteiger partial charge in [0, 0.05) is 26.4 Å². The van der Waals surface area contributed by atoms with Crippen LogP contribution in [0.2, 0.25) is 0 Å². The number of nitrogens with two attached hydrogens (primary N) is 1. The minimum atomic E-state index is -3.37. The number of aromatic nitrogens is 2. The molecule has 0 atom stereocenters. The molecule has 0 bridgehead atoms. The third-order valence-electron chi connectivity index (χ3n) is 2.17. The summed E-state index contributed by atoms with van der Waals surface area (Å²) in [6.45, 7) is 3.80. The Morgan fingerprint density at radius 2 is 1.88 bits per heavy atom. The number of sulfone groups is 1. The summed E-state index contributed by atoms with van der Waals surface area (Å²) in [5.74, 6) is 0.579. The number of anilines is 2. The highest BCUT2D eigenvalue weighted by atomic mass is 32.2. The van der Waals surface area contributed by atoms with Gasteiger partial charge in [-0.05, 0) is 13.8 Å². The van der Waals surface area contributed by atoms with E-state index in [0.29, 0.717) is 5.82 Å². The van der Waals surface area contributed by atoms with Crippen LogP contribution >= 0.6 is 0 Å². The van der Waals surface area contributed by atoms with Crippen LogP contribution in [0.4, 0.5) is 11.6 Å². The van der Waals surface area contributed by atoms with Crippen molar-refractivity contribution in [3.63, 3.8) is 0 Å². The van der Waals surface area contributed by atoms with Crippen LogP contribution in [-0.4, -0.2) is 38.5 Å². The number of hydrogen-bond acceptors (Lipinski definition) is 5. The molecule has 0 aliphatic rings. The molecule has 0 saturated heterocycles. The van der Waals surface area contributed by atoms with Crippen LogP contribution in [0.25, 0.3) is 0 Å². The van der Waals surface area contributed by atoms with Crippen molar-refractivity contribution < 1.29 is 8.42 Å². The maximum absolute atomic E-state index is 11.7. The first kappa shape index (κ1) is 12.8. The lowest BCUT2D eigenvalue weighted by Gasteiger charge is -2.09. The second kappa shape index (κ2) is 3.97. The zero-order valence-corrected chi connectivity index (χ0v) is 11.0. The van der Waals surface area contributed by atoms with Crippen LogP contribution < -0.4 is 10.6 Å². The fourth-order valence-electron chi connectivity index (χ4n) is 1.46. The van der Waals surface area contributed by atoms with Crippen LogP contribution in [0.1, 0.15) is 19.9 Å². The lowest BCUT2D eigenvalue weighted by atomic mass is 10.4. The summed E-state index contributed by atoms with van der Waals surface area (Å²) in [5, 5.41) is 4.21. The summed E-state index contributed by atoms with van der Waals surface area (Å²) in [4.78, 5) is 1.75. The molecule has 0 aliphatic carbocycles. The number of rotatable bonds is 3. The van der Waals surface area contributed by atoms with E-state index in [1.165, 1.54) is 4.68 Å². The predicted molar refractivity (Wildman–Crippen MR) is 64.5 cm³/mol. The van der Waals surface area contributed by atoms with Gasteiger partial charge < -0.3 is 10.6 Å². The van der Waals surface area contributed by atoms with Crippen LogP contribution in [-0.2, 0) is 9.84 Å². The zero-order valence-electron chi connectivity index (χ0n) is 10.2. The van der Waals surface area contributed by atoms with Crippen molar-refractivity contribution in [2.45, 2.75) is 24.8 Å². The van der Waals surface area contributed by atoms with Gasteiger partial charge in [0.25, 0.3) is 0 Å². The molecule has 1 heterocycles. The lowest BCUT2D eigenvalue weighted by Crippen LogP contribution is -2.13. The highest BCUT2D eigenvalue weighted by Gasteiger charge is 2.25. The molecule has 0 radical (unpaired) electrons. The highest BCUT2D eigenvalue weighted by molar-refractivity contribution is 7.91. The summed E-state index contributed by atoms with van der Waals surface area (Å²) in [6, 6.07) is 0.0224. The summed E-state index contributed by atoms with van der Waals surface area (Å²) in [6.07, 6.45) is 1.14. The number of hydrogen-bond donors (Lipinski definition) is 1. The van der Waals surface area contributed by atoms with Crippen molar-refractivity contribution in [2.24, 2.45) is 0 Å². The Hall–Kier alpha value is -1.24. The van der Waals surface area contributed by atoms with Gasteiger partial charge in [-0.15, -0.1) is 0 Å². The van der Waals surface area contributed by atoms with E-state index in [1.807, 2.05) is 13.8 Å². The van der Waals surface area contributed by atoms with E-state index in [2.05, 4.69) is 5.10 Å². The van der Waals surface area contributed by atoms with Gasteiger partial charge in [-0.1, -0.05) is 0 Å². The van der Waals surface area contributed by atoms with Gasteiger partial charge >= 0.3 is 0 Å². The molecule has 1 aromatic heterocycles. The summed E-state index contributed by atoms with van der Waals surface area (Å²) < 4.78 is 24.8. The molecule has 0 aliphatic heterocycles. The van der Waals surface area contributed by atoms with Gasteiger partial charge in [0.2, 0.25) is 0 Å². The van der Waals surface area contributed by atoms with Crippen molar-refractivity contribution in [1.29, 1.82) is 0 Å². The first-order valence-corrected chi connectivity index (χ1v) is 6.80. The van der Waals surface area contributed by atoms with E-state index in [-0.39, 0.29) is 16.8 Å². The summed E-state index contributed by atoms with van der Waals surface area (Å²) in [5.41, 5.74) is 5.82. The van der Waals surface area contributed by atoms with Crippen molar-refractivity contribution >= 4 is 21.5 Å². The largest absolute Gasteiger partial charge is 0.383 e. The predicted octanol–water partition coefficient (Wildman–Crippen LogP) is 0.516. The van der Waals surface area contributed by atoms with E-state index >= 15 is 0 Å². The Balaban J connectivity index is 3.57. The van der Waals surface area contributed by atoms with Crippen LogP contribution in [0, 0.1) is 0 Å². The summed E-state index contributed by atoms with van der Waals surface area (Å²) >= 11 is 0. The van der Waals surface area contributed by atoms with Gasteiger partial charge in [0.05, 0.1) is 0 Å². The summed E-state index contributed by atoms with van der Waals surface area (Å²) in [7, 11) is 0.103. The fraction of sp³-hybridized carbons (Fsp3) is 0.667. The molecule has 7 heteroatoms. The second-order valence-electron chi connectivity index (χ2n) is 4.24. The van der Waals surface area contributed by atoms with Crippen molar-refractivity contribution in [1.82, 2.24) is 9.78 Å². The lowest BCUT2D eigenvalue weighted by molar-refractivity contribution is 0.540. The molecule has 1 aromatic rings. The SMILES string of the molecule is CC(C)n1nc(N(C)C)c(S(C)(=O)=O)c1N. The van der Waals surface area contributed by atoms with Crippen molar-refractivity contribution in [2.75, 3.05) is 31.0 Å². The normalized spacial score (nSPS) is 12.1. The van der Waals surface area contributed by atoms with E-state index in [1.54, 1.807) is 19.0 Å². The Morgan fingerprint density at radius 1 is 1.38 bits per heavy atom. The molecular formula is C9H18N4O2S. The Kier molecular flexibility index (Phi) is 3.18. The molecule has 92 valence electrons. The Labute approximate surface area is 96.0 Å². The van der Waals surface area contributed by atoms with Crippen LogP contribution in [0.5, 0.6) is 0 Å². The molecule has 1 rings (SSSR count). The minimum absolute atomic E-state index is 0.0224. The molecule has 0 unspecified atom stereocenters. The van der Waals surface area contributed by atoms with E-state index < -0.39 is 9.84 Å². The third kappa shape index (κ3) is 2.13. The molecular weight excluding hydrogens is 228 g/mol. The van der Waals surface area contributed by atoms with Crippen molar-refractivity contribution in [3.05, 3.63) is 0 Å². The van der Waals surface area contributed by atoms with Gasteiger partial charge in [-0.25, -0.2) is 13.1 Å². The molecule has 0 fully saturated rings. The standard InChI is InChI=1S/C9H18N4O2S/c1-6(2)13-8(10)7(16(5,14)15)9(11-13)12(3)4/h6H,10H2,1-5H3.